The molecule has 7 aromatic carbocycles. The van der Waals surface area contributed by atoms with Crippen molar-refractivity contribution in [1.29, 1.82) is 0 Å². The van der Waals surface area contributed by atoms with Crippen LogP contribution in [0.25, 0.3) is 10.8 Å². The molecule has 0 radical (unpaired) electrons. The minimum atomic E-state index is -0.856. The summed E-state index contributed by atoms with van der Waals surface area (Å²) in [4.78, 5) is 68.6. The molecule has 0 fully saturated rings. The van der Waals surface area contributed by atoms with Crippen molar-refractivity contribution >= 4 is 40.8 Å². The summed E-state index contributed by atoms with van der Waals surface area (Å²) < 4.78 is 11.5. The minimum absolute atomic E-state index is 0.225. The lowest BCUT2D eigenvalue weighted by Crippen LogP contribution is -2.39. The number of nitrogens with zero attached hydrogens (tertiary/aromatic N) is 3. The Morgan fingerprint density at radius 2 is 0.903 bits per heavy atom. The number of ether oxygens (including phenoxy) is 2. The van der Waals surface area contributed by atoms with Crippen LogP contribution < -0.4 is 26.7 Å². The molecule has 374 valence electrons. The van der Waals surface area contributed by atoms with Crippen LogP contribution in [0.4, 0.5) is 14.4 Å². The monoisotopic (exact) mass is 976 g/mol. The molecule has 6 amide bonds. The van der Waals surface area contributed by atoms with Crippen LogP contribution in [-0.2, 0) is 27.7 Å². The van der Waals surface area contributed by atoms with Gasteiger partial charge in [0.05, 0.1) is 23.7 Å². The van der Waals surface area contributed by atoms with Gasteiger partial charge in [-0.25, -0.2) is 24.0 Å². The van der Waals surface area contributed by atoms with Crippen molar-refractivity contribution in [3.63, 3.8) is 0 Å². The summed E-state index contributed by atoms with van der Waals surface area (Å²) in [7, 11) is 0. The molecule has 0 aliphatic heterocycles. The molecule has 16 nitrogen and oxygen atoms in total. The maximum absolute atomic E-state index is 12.3. The smallest absolute Gasteiger partial charge is 0.363 e. The van der Waals surface area contributed by atoms with Crippen LogP contribution in [0.3, 0.4) is 0 Å². The molecular formula is C56H60N6O10. The van der Waals surface area contributed by atoms with E-state index < -0.39 is 48.2 Å². The summed E-state index contributed by atoms with van der Waals surface area (Å²) in [6.45, 7) is 7.96. The number of hydrogen-bond donors (Lipinski definition) is 4. The zero-order chi connectivity index (χ0) is 52.0. The van der Waals surface area contributed by atoms with Crippen LogP contribution in [0.15, 0.2) is 182 Å². The molecule has 0 aliphatic carbocycles. The molecule has 3 atom stereocenters. The van der Waals surface area contributed by atoms with E-state index in [1.165, 1.54) is 0 Å². The summed E-state index contributed by atoms with van der Waals surface area (Å²) in [6, 6.07) is 52.2. The number of benzene rings is 7. The van der Waals surface area contributed by atoms with Crippen molar-refractivity contribution in [1.82, 2.24) is 15.2 Å². The summed E-state index contributed by atoms with van der Waals surface area (Å²) >= 11 is 0. The third-order valence-corrected chi connectivity index (χ3v) is 11.1. The van der Waals surface area contributed by atoms with Gasteiger partial charge >= 0.3 is 30.0 Å². The molecular weight excluding hydrogens is 917 g/mol. The lowest BCUT2D eigenvalue weighted by molar-refractivity contribution is -0.183. The van der Waals surface area contributed by atoms with Gasteiger partial charge in [-0.1, -0.05) is 146 Å². The molecule has 72 heavy (non-hydrogen) atoms. The standard InChI is InChI=1S/C23H22N2O4.C20H24N2O4.C13H14N2O2/c1-17(25(23(24)27)29-22(26)20-10-6-3-7-11-20)19-12-14-21(15-13-19)28-16-18-8-4-2-5-9-18;1-3-7-19(23)26-22(20(21)24)15(2)17-10-12-18(13-11-17)25-14-16-8-5-4-6-9-16;1-9(15(17)13(14)16)11-7-6-10-4-2-3-5-12(10)8-11/h2-15,17H,16H2,1H3,(H2,24,27);4-6,8-13,15H,3,7,14H2,1-2H3,(H2,21,24);2-9,17H,1H3,(H2,14,16). The van der Waals surface area contributed by atoms with E-state index in [0.29, 0.717) is 41.8 Å². The van der Waals surface area contributed by atoms with Gasteiger partial charge in [0, 0.05) is 6.42 Å². The quantitative estimate of drug-likeness (QED) is 0.0561. The molecule has 0 aliphatic rings. The number of rotatable bonds is 15. The van der Waals surface area contributed by atoms with E-state index in [1.807, 2.05) is 134 Å². The van der Waals surface area contributed by atoms with Gasteiger partial charge in [0.15, 0.2) is 0 Å². The van der Waals surface area contributed by atoms with Crippen molar-refractivity contribution in [3.05, 3.63) is 215 Å². The average Bonchev–Trinajstić information content (AvgIpc) is 3.41. The van der Waals surface area contributed by atoms with Gasteiger partial charge in [-0.3, -0.25) is 5.21 Å². The summed E-state index contributed by atoms with van der Waals surface area (Å²) in [5.41, 5.74) is 20.6. The molecule has 7 rings (SSSR count). The van der Waals surface area contributed by atoms with Crippen molar-refractivity contribution in [2.45, 2.75) is 71.9 Å². The Balaban J connectivity index is 0.000000207. The maximum Gasteiger partial charge on any atom is 0.363 e. The number of hydrogen-bond acceptors (Lipinski definition) is 10. The average molecular weight is 977 g/mol. The fourth-order valence-electron chi connectivity index (χ4n) is 6.94. The topological polar surface area (TPSA) is 230 Å². The summed E-state index contributed by atoms with van der Waals surface area (Å²) in [6.07, 6.45) is 0.857. The Morgan fingerprint density at radius 3 is 1.35 bits per heavy atom. The molecule has 0 saturated carbocycles. The Labute approximate surface area is 418 Å². The van der Waals surface area contributed by atoms with E-state index in [1.54, 1.807) is 75.4 Å². The van der Waals surface area contributed by atoms with Gasteiger partial charge in [0.2, 0.25) is 0 Å². The molecule has 0 bridgehead atoms. The van der Waals surface area contributed by atoms with E-state index in [4.69, 9.17) is 36.3 Å². The van der Waals surface area contributed by atoms with Crippen LogP contribution >= 0.6 is 0 Å². The fraction of sp³-hybridized carbons (Fsp3) is 0.196. The van der Waals surface area contributed by atoms with Gasteiger partial charge in [-0.2, -0.15) is 5.06 Å². The van der Waals surface area contributed by atoms with Crippen LogP contribution in [0.1, 0.15) is 96.8 Å². The lowest BCUT2D eigenvalue weighted by Gasteiger charge is -2.26. The molecule has 7 N–H and O–H groups in total. The largest absolute Gasteiger partial charge is 0.489 e. The van der Waals surface area contributed by atoms with Crippen LogP contribution in [0.2, 0.25) is 0 Å². The predicted molar refractivity (Wildman–Crippen MR) is 273 cm³/mol. The van der Waals surface area contributed by atoms with Gasteiger partial charge in [0.25, 0.3) is 0 Å². The predicted octanol–water partition coefficient (Wildman–Crippen LogP) is 11.1. The normalized spacial score (nSPS) is 11.6. The van der Waals surface area contributed by atoms with Crippen LogP contribution in [-0.4, -0.2) is 50.4 Å². The molecule has 0 heterocycles. The number of fused-ring (bicyclic) bond motifs is 1. The maximum atomic E-state index is 12.3. The molecule has 0 saturated heterocycles. The highest BCUT2D eigenvalue weighted by Gasteiger charge is 2.26. The van der Waals surface area contributed by atoms with E-state index >= 15 is 0 Å². The Bertz CT molecular complexity index is 2820. The Morgan fingerprint density at radius 1 is 0.486 bits per heavy atom. The lowest BCUT2D eigenvalue weighted by atomic mass is 10.0. The second kappa shape index (κ2) is 27.3. The van der Waals surface area contributed by atoms with E-state index in [9.17, 15) is 29.2 Å². The number of hydroxylamine groups is 6. The summed E-state index contributed by atoms with van der Waals surface area (Å²) in [5, 5.41) is 14.0. The molecule has 16 heteroatoms. The number of amides is 6. The third kappa shape index (κ3) is 16.4. The minimum Gasteiger partial charge on any atom is -0.489 e. The van der Waals surface area contributed by atoms with Crippen molar-refractivity contribution in [3.8, 4) is 11.5 Å². The highest BCUT2D eigenvalue weighted by molar-refractivity contribution is 5.90. The number of carbonyl (C=O) groups excluding carboxylic acids is 5. The van der Waals surface area contributed by atoms with Gasteiger partial charge in [-0.15, -0.1) is 10.1 Å². The van der Waals surface area contributed by atoms with Crippen LogP contribution in [0, 0.1) is 0 Å². The number of urea groups is 3. The highest BCUT2D eigenvalue weighted by Crippen LogP contribution is 2.27. The summed E-state index contributed by atoms with van der Waals surface area (Å²) in [5.74, 6) is 0.259. The zero-order valence-electron chi connectivity index (χ0n) is 40.6. The van der Waals surface area contributed by atoms with Crippen molar-refractivity contribution in [2.24, 2.45) is 17.2 Å². The highest BCUT2D eigenvalue weighted by atomic mass is 16.7. The van der Waals surface area contributed by atoms with E-state index in [-0.39, 0.29) is 6.42 Å². The third-order valence-electron chi connectivity index (χ3n) is 11.1. The van der Waals surface area contributed by atoms with Gasteiger partial charge in [-0.05, 0) is 108 Å². The molecule has 7 aromatic rings. The molecule has 3 unspecified atom stereocenters. The van der Waals surface area contributed by atoms with E-state index in [2.05, 4.69) is 0 Å². The number of nitrogens with two attached hydrogens (primary N) is 3. The first kappa shape index (κ1) is 54.1. The van der Waals surface area contributed by atoms with Gasteiger partial charge in [0.1, 0.15) is 24.7 Å². The van der Waals surface area contributed by atoms with Crippen LogP contribution in [0.5, 0.6) is 11.5 Å². The van der Waals surface area contributed by atoms with Gasteiger partial charge < -0.3 is 36.3 Å². The number of primary amides is 3. The van der Waals surface area contributed by atoms with E-state index in [0.717, 1.165) is 48.7 Å². The second-order valence-corrected chi connectivity index (χ2v) is 16.3. The fourth-order valence-corrected chi connectivity index (χ4v) is 6.94. The second-order valence-electron chi connectivity index (χ2n) is 16.3. The van der Waals surface area contributed by atoms with Crippen molar-refractivity contribution in [2.75, 3.05) is 0 Å². The SMILES string of the molecule is CC(c1ccc(OCc2ccccc2)cc1)N(OC(=O)c1ccccc1)C(N)=O.CC(c1ccc2ccccc2c1)N(O)C(N)=O.CCCC(=O)ON(C(N)=O)C(C)c1ccc(OCc2ccccc2)cc1. The molecule has 0 spiro atoms. The number of carbonyl (C=O) groups is 5. The Kier molecular flexibility index (Phi) is 20.5. The Hall–Kier alpha value is -8.89. The first-order valence-electron chi connectivity index (χ1n) is 23.1. The first-order valence-corrected chi connectivity index (χ1v) is 23.1. The van der Waals surface area contributed by atoms with Crippen molar-refractivity contribution < 1.29 is 48.3 Å². The zero-order valence-corrected chi connectivity index (χ0v) is 40.6. The first-order chi connectivity index (χ1) is 34.6. The molecule has 0 aromatic heterocycles.